The summed E-state index contributed by atoms with van der Waals surface area (Å²) in [6.45, 7) is 0.249. The first kappa shape index (κ1) is 14.9. The number of anilines is 1. The van der Waals surface area contributed by atoms with Crippen LogP contribution in [0.15, 0.2) is 64.8 Å². The van der Waals surface area contributed by atoms with Gasteiger partial charge in [0.2, 0.25) is 0 Å². The molecule has 1 aliphatic heterocycles. The molecule has 3 aromatic rings. The number of carbonyl (C=O) groups is 1. The summed E-state index contributed by atoms with van der Waals surface area (Å²) in [5, 5.41) is 3.92. The molecule has 4 nitrogen and oxygen atoms in total. The predicted octanol–water partition coefficient (Wildman–Crippen LogP) is 4.41. The molecule has 1 amide bonds. The highest BCUT2D eigenvalue weighted by molar-refractivity contribution is 9.10. The number of halogens is 1. The molecular weight excluding hydrogens is 368 g/mol. The van der Waals surface area contributed by atoms with Crippen molar-refractivity contribution in [2.75, 3.05) is 11.9 Å². The Morgan fingerprint density at radius 3 is 2.96 bits per heavy atom. The fourth-order valence-corrected chi connectivity index (χ4v) is 3.07. The van der Waals surface area contributed by atoms with Crippen LogP contribution in [0.5, 0.6) is 5.75 Å². The van der Waals surface area contributed by atoms with Gasteiger partial charge in [0.1, 0.15) is 12.4 Å². The lowest BCUT2D eigenvalue weighted by molar-refractivity contribution is -0.113. The predicted molar refractivity (Wildman–Crippen MR) is 98.0 cm³/mol. The minimum absolute atomic E-state index is 0.182. The van der Waals surface area contributed by atoms with Crippen molar-refractivity contribution in [3.63, 3.8) is 0 Å². The Balaban J connectivity index is 1.65. The molecule has 4 rings (SSSR count). The number of nitrogens with one attached hydrogen (secondary N) is 1. The molecule has 2 aromatic carbocycles. The van der Waals surface area contributed by atoms with E-state index in [1.165, 1.54) is 0 Å². The van der Waals surface area contributed by atoms with Crippen LogP contribution in [0.3, 0.4) is 0 Å². The van der Waals surface area contributed by atoms with E-state index < -0.39 is 0 Å². The third kappa shape index (κ3) is 2.78. The van der Waals surface area contributed by atoms with Crippen molar-refractivity contribution in [2.24, 2.45) is 0 Å². The molecule has 0 bridgehead atoms. The topological polar surface area (TPSA) is 51.2 Å². The van der Waals surface area contributed by atoms with Crippen LogP contribution in [0.2, 0.25) is 0 Å². The highest BCUT2D eigenvalue weighted by Crippen LogP contribution is 2.30. The van der Waals surface area contributed by atoms with Crippen molar-refractivity contribution in [3.8, 4) is 5.75 Å². The number of hydrogen-bond acceptors (Lipinski definition) is 3. The number of aromatic nitrogens is 1. The summed E-state index contributed by atoms with van der Waals surface area (Å²) in [6, 6.07) is 15.3. The molecule has 0 fully saturated rings. The van der Waals surface area contributed by atoms with Crippen LogP contribution in [-0.4, -0.2) is 17.5 Å². The lowest BCUT2D eigenvalue weighted by atomic mass is 10.1. The number of benzene rings is 2. The maximum Gasteiger partial charge on any atom is 0.255 e. The summed E-state index contributed by atoms with van der Waals surface area (Å²) in [7, 11) is 0. The number of carbonyl (C=O) groups excluding carboxylic acids is 1. The standard InChI is InChI=1S/C19H13BrN2O2/c20-15-6-7-17-13(10-15)9-14(11-24-17)19(23)22-16-5-1-3-12-4-2-8-21-18(12)16/h1-10H,11H2,(H,22,23). The average molecular weight is 381 g/mol. The van der Waals surface area contributed by atoms with Crippen LogP contribution in [-0.2, 0) is 4.79 Å². The largest absolute Gasteiger partial charge is 0.488 e. The third-order valence-corrected chi connectivity index (χ3v) is 4.35. The van der Waals surface area contributed by atoms with Gasteiger partial charge in [-0.3, -0.25) is 9.78 Å². The van der Waals surface area contributed by atoms with Gasteiger partial charge in [0.15, 0.2) is 0 Å². The Hall–Kier alpha value is -2.66. The fourth-order valence-electron chi connectivity index (χ4n) is 2.69. The molecule has 0 saturated heterocycles. The van der Waals surface area contributed by atoms with E-state index in [0.29, 0.717) is 11.3 Å². The summed E-state index contributed by atoms with van der Waals surface area (Å²) in [4.78, 5) is 17.0. The number of hydrogen-bond donors (Lipinski definition) is 1. The first-order chi connectivity index (χ1) is 11.7. The number of amides is 1. The SMILES string of the molecule is O=C(Nc1cccc2cccnc12)C1=Cc2cc(Br)ccc2OC1. The van der Waals surface area contributed by atoms with Crippen LogP contribution < -0.4 is 10.1 Å². The molecule has 0 unspecified atom stereocenters. The molecule has 1 N–H and O–H groups in total. The number of para-hydroxylation sites is 1. The fraction of sp³-hybridized carbons (Fsp3) is 0.0526. The summed E-state index contributed by atoms with van der Waals surface area (Å²) in [5.41, 5.74) is 2.93. The minimum atomic E-state index is -0.182. The van der Waals surface area contributed by atoms with E-state index in [-0.39, 0.29) is 12.5 Å². The molecule has 0 aliphatic carbocycles. The van der Waals surface area contributed by atoms with Crippen molar-refractivity contribution in [1.29, 1.82) is 0 Å². The molecule has 118 valence electrons. The van der Waals surface area contributed by atoms with Crippen LogP contribution in [0.25, 0.3) is 17.0 Å². The second kappa shape index (κ2) is 6.09. The van der Waals surface area contributed by atoms with E-state index in [0.717, 1.165) is 26.7 Å². The van der Waals surface area contributed by atoms with Crippen molar-refractivity contribution in [1.82, 2.24) is 4.98 Å². The molecule has 1 aromatic heterocycles. The number of ether oxygens (including phenoxy) is 1. The smallest absolute Gasteiger partial charge is 0.255 e. The molecule has 0 radical (unpaired) electrons. The van der Waals surface area contributed by atoms with Gasteiger partial charge in [0.25, 0.3) is 5.91 Å². The van der Waals surface area contributed by atoms with Gasteiger partial charge in [-0.2, -0.15) is 0 Å². The summed E-state index contributed by atoms with van der Waals surface area (Å²) in [5.74, 6) is 0.598. The van der Waals surface area contributed by atoms with E-state index in [1.54, 1.807) is 6.20 Å². The van der Waals surface area contributed by atoms with E-state index in [9.17, 15) is 4.79 Å². The third-order valence-electron chi connectivity index (χ3n) is 3.86. The second-order valence-electron chi connectivity index (χ2n) is 5.48. The Morgan fingerprint density at radius 1 is 1.17 bits per heavy atom. The zero-order chi connectivity index (χ0) is 16.5. The van der Waals surface area contributed by atoms with Gasteiger partial charge in [0, 0.05) is 21.6 Å². The van der Waals surface area contributed by atoms with E-state index in [2.05, 4.69) is 26.2 Å². The zero-order valence-corrected chi connectivity index (χ0v) is 14.2. The van der Waals surface area contributed by atoms with Gasteiger partial charge in [0.05, 0.1) is 16.8 Å². The van der Waals surface area contributed by atoms with Crippen molar-refractivity contribution in [2.45, 2.75) is 0 Å². The van der Waals surface area contributed by atoms with E-state index >= 15 is 0 Å². The molecule has 0 spiro atoms. The monoisotopic (exact) mass is 380 g/mol. The molecule has 0 atom stereocenters. The Kier molecular flexibility index (Phi) is 3.78. The van der Waals surface area contributed by atoms with Gasteiger partial charge in [-0.25, -0.2) is 0 Å². The van der Waals surface area contributed by atoms with Gasteiger partial charge < -0.3 is 10.1 Å². The van der Waals surface area contributed by atoms with E-state index in [4.69, 9.17) is 4.74 Å². The maximum atomic E-state index is 12.6. The maximum absolute atomic E-state index is 12.6. The molecule has 1 aliphatic rings. The van der Waals surface area contributed by atoms with Gasteiger partial charge >= 0.3 is 0 Å². The highest BCUT2D eigenvalue weighted by atomic mass is 79.9. The van der Waals surface area contributed by atoms with Crippen LogP contribution in [0, 0.1) is 0 Å². The number of nitrogens with zero attached hydrogens (tertiary/aromatic N) is 1. The van der Waals surface area contributed by atoms with Gasteiger partial charge in [-0.05, 0) is 36.4 Å². The minimum Gasteiger partial charge on any atom is -0.488 e. The van der Waals surface area contributed by atoms with Crippen molar-refractivity contribution >= 4 is 44.5 Å². The molecule has 2 heterocycles. The van der Waals surface area contributed by atoms with Crippen LogP contribution >= 0.6 is 15.9 Å². The lowest BCUT2D eigenvalue weighted by Crippen LogP contribution is -2.21. The quantitative estimate of drug-likeness (QED) is 0.716. The van der Waals surface area contributed by atoms with Crippen molar-refractivity contribution < 1.29 is 9.53 Å². The molecule has 24 heavy (non-hydrogen) atoms. The van der Waals surface area contributed by atoms with Crippen LogP contribution in [0.1, 0.15) is 5.56 Å². The number of pyridine rings is 1. The molecule has 0 saturated carbocycles. The highest BCUT2D eigenvalue weighted by Gasteiger charge is 2.18. The Bertz CT molecular complexity index is 977. The first-order valence-electron chi connectivity index (χ1n) is 7.49. The Morgan fingerprint density at radius 2 is 2.04 bits per heavy atom. The normalized spacial score (nSPS) is 13.0. The number of fused-ring (bicyclic) bond motifs is 2. The summed E-state index contributed by atoms with van der Waals surface area (Å²) < 4.78 is 6.62. The summed E-state index contributed by atoms with van der Waals surface area (Å²) in [6.07, 6.45) is 3.58. The van der Waals surface area contributed by atoms with Crippen LogP contribution in [0.4, 0.5) is 5.69 Å². The number of rotatable bonds is 2. The average Bonchev–Trinajstić information content (AvgIpc) is 2.61. The molecular formula is C19H13BrN2O2. The summed E-state index contributed by atoms with van der Waals surface area (Å²) >= 11 is 3.43. The van der Waals surface area contributed by atoms with Gasteiger partial charge in [-0.1, -0.05) is 34.1 Å². The first-order valence-corrected chi connectivity index (χ1v) is 8.28. The second-order valence-corrected chi connectivity index (χ2v) is 6.39. The van der Waals surface area contributed by atoms with Gasteiger partial charge in [-0.15, -0.1) is 0 Å². The van der Waals surface area contributed by atoms with Crippen molar-refractivity contribution in [3.05, 3.63) is 70.3 Å². The Labute approximate surface area is 147 Å². The zero-order valence-electron chi connectivity index (χ0n) is 12.6. The molecule has 5 heteroatoms. The lowest BCUT2D eigenvalue weighted by Gasteiger charge is -2.18. The van der Waals surface area contributed by atoms with E-state index in [1.807, 2.05) is 54.6 Å².